The van der Waals surface area contributed by atoms with Crippen molar-refractivity contribution < 1.29 is 13.8 Å². The highest BCUT2D eigenvalue weighted by Crippen LogP contribution is 2.26. The molecule has 35 heavy (non-hydrogen) atoms. The van der Waals surface area contributed by atoms with Crippen molar-refractivity contribution in [3.8, 4) is 22.0 Å². The van der Waals surface area contributed by atoms with Crippen LogP contribution in [0.25, 0.3) is 22.0 Å². The first-order valence-corrected chi connectivity index (χ1v) is 13.2. The summed E-state index contributed by atoms with van der Waals surface area (Å²) in [6, 6.07) is 5.92. The van der Waals surface area contributed by atoms with E-state index >= 15 is 0 Å². The summed E-state index contributed by atoms with van der Waals surface area (Å²) in [4.78, 5) is 31.6. The maximum atomic E-state index is 12.9. The van der Waals surface area contributed by atoms with Gasteiger partial charge in [0.05, 0.1) is 28.6 Å². The van der Waals surface area contributed by atoms with E-state index in [0.29, 0.717) is 41.5 Å². The molecule has 5 heterocycles. The van der Waals surface area contributed by atoms with Crippen molar-refractivity contribution in [1.82, 2.24) is 35.1 Å². The first kappa shape index (κ1) is 23.6. The molecule has 10 nitrogen and oxygen atoms in total. The van der Waals surface area contributed by atoms with Crippen LogP contribution in [-0.4, -0.2) is 72.9 Å². The van der Waals surface area contributed by atoms with Gasteiger partial charge in [0.1, 0.15) is 11.3 Å². The van der Waals surface area contributed by atoms with Crippen LogP contribution in [0.2, 0.25) is 0 Å². The number of carbonyl (C=O) groups excluding carboxylic acids is 1. The molecule has 0 atom stereocenters. The number of carbonyl (C=O) groups is 1. The molecule has 0 unspecified atom stereocenters. The number of nitrogens with zero attached hydrogens (tertiary/aromatic N) is 7. The molecule has 5 rings (SSSR count). The molecular formula is C23H25N7O3S2. The third-order valence-electron chi connectivity index (χ3n) is 5.75. The summed E-state index contributed by atoms with van der Waals surface area (Å²) in [5.74, 6) is 2.10. The molecule has 4 aromatic heterocycles. The Morgan fingerprint density at radius 1 is 1.11 bits per heavy atom. The minimum absolute atomic E-state index is 0.0993. The van der Waals surface area contributed by atoms with E-state index in [-0.39, 0.29) is 5.91 Å². The van der Waals surface area contributed by atoms with Gasteiger partial charge in [0.2, 0.25) is 5.91 Å². The lowest BCUT2D eigenvalue weighted by atomic mass is 10.2. The molecule has 1 amide bonds. The van der Waals surface area contributed by atoms with Crippen molar-refractivity contribution in [2.75, 3.05) is 31.9 Å². The SMILES string of the molecule is Cc1noc(C)c1-c1nc(CN2CCCN(C(=O)CSc3nccc(-c4cccs4)n3)CC2)no1. The Bertz CT molecular complexity index is 1270. The van der Waals surface area contributed by atoms with Gasteiger partial charge in [0.25, 0.3) is 5.89 Å². The van der Waals surface area contributed by atoms with Crippen LogP contribution >= 0.6 is 23.1 Å². The van der Waals surface area contributed by atoms with Crippen molar-refractivity contribution in [3.63, 3.8) is 0 Å². The quantitative estimate of drug-likeness (QED) is 0.269. The Morgan fingerprint density at radius 3 is 2.83 bits per heavy atom. The highest BCUT2D eigenvalue weighted by atomic mass is 32.2. The molecule has 12 heteroatoms. The van der Waals surface area contributed by atoms with Crippen LogP contribution in [-0.2, 0) is 11.3 Å². The van der Waals surface area contributed by atoms with Crippen LogP contribution in [0.4, 0.5) is 0 Å². The summed E-state index contributed by atoms with van der Waals surface area (Å²) in [5.41, 5.74) is 2.36. The van der Waals surface area contributed by atoms with Crippen molar-refractivity contribution in [2.45, 2.75) is 32.0 Å². The predicted octanol–water partition coefficient (Wildman–Crippen LogP) is 3.69. The highest BCUT2D eigenvalue weighted by molar-refractivity contribution is 7.99. The molecule has 0 aromatic carbocycles. The molecule has 182 valence electrons. The largest absolute Gasteiger partial charge is 0.361 e. The topological polar surface area (TPSA) is 114 Å². The molecule has 0 spiro atoms. The third-order valence-corrected chi connectivity index (χ3v) is 7.49. The molecule has 0 radical (unpaired) electrons. The van der Waals surface area contributed by atoms with Gasteiger partial charge in [-0.1, -0.05) is 28.1 Å². The van der Waals surface area contributed by atoms with Crippen molar-refractivity contribution >= 4 is 29.0 Å². The lowest BCUT2D eigenvalue weighted by Crippen LogP contribution is -2.36. The Morgan fingerprint density at radius 2 is 2.03 bits per heavy atom. The number of thiophene rings is 1. The van der Waals surface area contributed by atoms with Gasteiger partial charge in [0.15, 0.2) is 11.0 Å². The lowest BCUT2D eigenvalue weighted by Gasteiger charge is -2.21. The second-order valence-corrected chi connectivity index (χ2v) is 10.1. The van der Waals surface area contributed by atoms with E-state index in [1.165, 1.54) is 11.8 Å². The van der Waals surface area contributed by atoms with Crippen LogP contribution in [0.5, 0.6) is 0 Å². The van der Waals surface area contributed by atoms with Crippen LogP contribution in [0, 0.1) is 13.8 Å². The van der Waals surface area contributed by atoms with Crippen molar-refractivity contribution in [3.05, 3.63) is 47.1 Å². The van der Waals surface area contributed by atoms with Gasteiger partial charge in [-0.25, -0.2) is 9.97 Å². The maximum absolute atomic E-state index is 12.9. The van der Waals surface area contributed by atoms with Crippen molar-refractivity contribution in [2.24, 2.45) is 0 Å². The summed E-state index contributed by atoms with van der Waals surface area (Å²) in [7, 11) is 0. The Labute approximate surface area is 210 Å². The van der Waals surface area contributed by atoms with Crippen molar-refractivity contribution in [1.29, 1.82) is 0 Å². The highest BCUT2D eigenvalue weighted by Gasteiger charge is 2.22. The van der Waals surface area contributed by atoms with Gasteiger partial charge in [-0.05, 0) is 37.8 Å². The average Bonchev–Trinajstić information content (AvgIpc) is 3.58. The standard InChI is InChI=1S/C23H25N7O3S2/c1-15-21(16(2)32-27-15)22-26-19(28-33-22)13-29-8-4-9-30(11-10-29)20(31)14-35-23-24-7-6-17(25-23)18-5-3-12-34-18/h3,5-7,12H,4,8-11,13-14H2,1-2H3. The molecule has 0 bridgehead atoms. The van der Waals surface area contributed by atoms with Gasteiger partial charge >= 0.3 is 0 Å². The Hall–Kier alpha value is -3.09. The van der Waals surface area contributed by atoms with Gasteiger partial charge in [0, 0.05) is 32.4 Å². The number of aryl methyl sites for hydroxylation is 2. The zero-order chi connectivity index (χ0) is 24.2. The molecule has 0 N–H and O–H groups in total. The zero-order valence-corrected chi connectivity index (χ0v) is 21.1. The molecular weight excluding hydrogens is 486 g/mol. The maximum Gasteiger partial charge on any atom is 0.263 e. The fourth-order valence-corrected chi connectivity index (χ4v) is 5.40. The monoisotopic (exact) mass is 511 g/mol. The number of aromatic nitrogens is 5. The molecule has 4 aromatic rings. The van der Waals surface area contributed by atoms with E-state index in [0.717, 1.165) is 47.9 Å². The molecule has 1 aliphatic heterocycles. The molecule has 1 aliphatic rings. The smallest absolute Gasteiger partial charge is 0.263 e. The summed E-state index contributed by atoms with van der Waals surface area (Å²) >= 11 is 3.02. The van der Waals surface area contributed by atoms with Gasteiger partial charge < -0.3 is 13.9 Å². The molecule has 0 saturated carbocycles. The Kier molecular flexibility index (Phi) is 7.21. The Balaban J connectivity index is 1.13. The summed E-state index contributed by atoms with van der Waals surface area (Å²) in [5, 5.41) is 10.7. The van der Waals surface area contributed by atoms with Crippen LogP contribution < -0.4 is 0 Å². The number of thioether (sulfide) groups is 1. The number of rotatable bonds is 7. The predicted molar refractivity (Wildman–Crippen MR) is 132 cm³/mol. The number of amides is 1. The molecule has 1 saturated heterocycles. The molecule has 0 aliphatic carbocycles. The summed E-state index contributed by atoms with van der Waals surface area (Å²) < 4.78 is 10.6. The summed E-state index contributed by atoms with van der Waals surface area (Å²) in [6.45, 7) is 7.22. The van der Waals surface area contributed by atoms with Crippen LogP contribution in [0.15, 0.2) is 44.0 Å². The van der Waals surface area contributed by atoms with E-state index in [1.54, 1.807) is 17.5 Å². The lowest BCUT2D eigenvalue weighted by molar-refractivity contribution is -0.128. The van der Waals surface area contributed by atoms with Crippen LogP contribution in [0.1, 0.15) is 23.7 Å². The fourth-order valence-electron chi connectivity index (χ4n) is 3.98. The van der Waals surface area contributed by atoms with E-state index in [9.17, 15) is 4.79 Å². The second-order valence-electron chi connectivity index (χ2n) is 8.22. The average molecular weight is 512 g/mol. The van der Waals surface area contributed by atoms with Gasteiger partial charge in [-0.15, -0.1) is 11.3 Å². The minimum atomic E-state index is 0.0993. The zero-order valence-electron chi connectivity index (χ0n) is 19.5. The van der Waals surface area contributed by atoms with E-state index < -0.39 is 0 Å². The minimum Gasteiger partial charge on any atom is -0.361 e. The van der Waals surface area contributed by atoms with Crippen LogP contribution in [0.3, 0.4) is 0 Å². The van der Waals surface area contributed by atoms with E-state index in [2.05, 4.69) is 30.2 Å². The second kappa shape index (κ2) is 10.7. The first-order chi connectivity index (χ1) is 17.1. The number of hydrogen-bond donors (Lipinski definition) is 0. The first-order valence-electron chi connectivity index (χ1n) is 11.3. The van der Waals surface area contributed by atoms with Gasteiger partial charge in [-0.2, -0.15) is 4.98 Å². The molecule has 1 fully saturated rings. The van der Waals surface area contributed by atoms with Gasteiger partial charge in [-0.3, -0.25) is 9.69 Å². The number of hydrogen-bond acceptors (Lipinski definition) is 11. The van der Waals surface area contributed by atoms with E-state index in [1.807, 2.05) is 42.3 Å². The third kappa shape index (κ3) is 5.60. The fraction of sp³-hybridized carbons (Fsp3) is 0.391. The van der Waals surface area contributed by atoms with E-state index in [4.69, 9.17) is 9.05 Å². The normalized spacial score (nSPS) is 14.9. The summed E-state index contributed by atoms with van der Waals surface area (Å²) in [6.07, 6.45) is 2.63.